The van der Waals surface area contributed by atoms with E-state index in [4.69, 9.17) is 0 Å². The van der Waals surface area contributed by atoms with Gasteiger partial charge in [-0.15, -0.1) is 0 Å². The minimum absolute atomic E-state index is 0.0000311. The highest BCUT2D eigenvalue weighted by Gasteiger charge is 2.31. The summed E-state index contributed by atoms with van der Waals surface area (Å²) in [5, 5.41) is 3.24. The Bertz CT molecular complexity index is 321. The van der Waals surface area contributed by atoms with E-state index in [1.54, 1.807) is 0 Å². The van der Waals surface area contributed by atoms with Crippen molar-refractivity contribution in [2.45, 2.75) is 32.7 Å². The number of urea groups is 1. The lowest BCUT2D eigenvalue weighted by molar-refractivity contribution is -0.134. The van der Waals surface area contributed by atoms with Crippen LogP contribution in [-0.4, -0.2) is 78.5 Å². The first-order valence-electron chi connectivity index (χ1n) is 7.73. The van der Waals surface area contributed by atoms with Crippen LogP contribution in [-0.2, 0) is 4.79 Å². The second-order valence-electron chi connectivity index (χ2n) is 5.42. The van der Waals surface area contributed by atoms with E-state index in [0.29, 0.717) is 26.2 Å². The monoisotopic (exact) mass is 282 g/mol. The van der Waals surface area contributed by atoms with E-state index in [9.17, 15) is 9.59 Å². The zero-order chi connectivity index (χ0) is 14.5. The van der Waals surface area contributed by atoms with Crippen molar-refractivity contribution in [2.24, 2.45) is 0 Å². The van der Waals surface area contributed by atoms with Crippen molar-refractivity contribution in [1.29, 1.82) is 0 Å². The quantitative estimate of drug-likeness (QED) is 0.812. The van der Waals surface area contributed by atoms with Gasteiger partial charge in [0.25, 0.3) is 0 Å². The van der Waals surface area contributed by atoms with Gasteiger partial charge in [-0.1, -0.05) is 0 Å². The molecule has 1 N–H and O–H groups in total. The number of nitrogens with one attached hydrogen (secondary N) is 1. The van der Waals surface area contributed by atoms with Crippen LogP contribution < -0.4 is 5.32 Å². The highest BCUT2D eigenvalue weighted by Crippen LogP contribution is 2.12. The molecule has 0 aromatic carbocycles. The van der Waals surface area contributed by atoms with E-state index in [-0.39, 0.29) is 18.0 Å². The van der Waals surface area contributed by atoms with Crippen LogP contribution in [0, 0.1) is 0 Å². The average Bonchev–Trinajstić information content (AvgIpc) is 3.02. The maximum Gasteiger partial charge on any atom is 0.320 e. The van der Waals surface area contributed by atoms with E-state index in [2.05, 4.69) is 5.32 Å². The lowest BCUT2D eigenvalue weighted by atomic mass is 10.2. The predicted molar refractivity (Wildman–Crippen MR) is 77.5 cm³/mol. The molecule has 0 aromatic heterocycles. The molecule has 1 atom stereocenters. The number of piperazine rings is 1. The highest BCUT2D eigenvalue weighted by atomic mass is 16.2. The van der Waals surface area contributed by atoms with Crippen molar-refractivity contribution in [3.63, 3.8) is 0 Å². The molecule has 6 nitrogen and oxygen atoms in total. The van der Waals surface area contributed by atoms with Gasteiger partial charge >= 0.3 is 6.03 Å². The number of hydrogen-bond acceptors (Lipinski definition) is 3. The number of amides is 3. The van der Waals surface area contributed by atoms with Crippen LogP contribution in [0.15, 0.2) is 0 Å². The number of rotatable bonds is 3. The summed E-state index contributed by atoms with van der Waals surface area (Å²) in [5.74, 6) is 0.206. The molecule has 2 saturated heterocycles. The molecule has 0 bridgehead atoms. The van der Waals surface area contributed by atoms with Crippen LogP contribution in [0.5, 0.6) is 0 Å². The summed E-state index contributed by atoms with van der Waals surface area (Å²) in [7, 11) is 0. The lowest BCUT2D eigenvalue weighted by Gasteiger charge is -2.38. The first-order chi connectivity index (χ1) is 9.67. The van der Waals surface area contributed by atoms with Crippen LogP contribution in [0.3, 0.4) is 0 Å². The van der Waals surface area contributed by atoms with Gasteiger partial charge in [0.15, 0.2) is 0 Å². The van der Waals surface area contributed by atoms with Crippen LogP contribution >= 0.6 is 0 Å². The number of hydrogen-bond donors (Lipinski definition) is 1. The van der Waals surface area contributed by atoms with Gasteiger partial charge in [0.2, 0.25) is 5.91 Å². The molecule has 2 heterocycles. The maximum atomic E-state index is 12.3. The van der Waals surface area contributed by atoms with Crippen LogP contribution in [0.4, 0.5) is 4.79 Å². The Labute approximate surface area is 121 Å². The molecule has 3 amide bonds. The molecule has 2 fully saturated rings. The fraction of sp³-hybridized carbons (Fsp3) is 0.857. The van der Waals surface area contributed by atoms with Crippen LogP contribution in [0.2, 0.25) is 0 Å². The Kier molecular flexibility index (Phi) is 5.23. The molecule has 0 spiro atoms. The van der Waals surface area contributed by atoms with Crippen molar-refractivity contribution in [3.8, 4) is 0 Å². The van der Waals surface area contributed by atoms with Crippen molar-refractivity contribution < 1.29 is 9.59 Å². The summed E-state index contributed by atoms with van der Waals surface area (Å²) in [6, 6.07) is 0.0983. The van der Waals surface area contributed by atoms with E-state index >= 15 is 0 Å². The summed E-state index contributed by atoms with van der Waals surface area (Å²) in [6.07, 6.45) is 2.02. The Hall–Kier alpha value is -1.30. The number of carbonyl (C=O) groups excluding carboxylic acids is 2. The van der Waals surface area contributed by atoms with Gasteiger partial charge in [0.05, 0.1) is 6.04 Å². The Balaban J connectivity index is 1.82. The third-order valence-corrected chi connectivity index (χ3v) is 4.25. The molecule has 0 aliphatic carbocycles. The Morgan fingerprint density at radius 2 is 1.70 bits per heavy atom. The van der Waals surface area contributed by atoms with Crippen LogP contribution in [0.1, 0.15) is 26.7 Å². The zero-order valence-corrected chi connectivity index (χ0v) is 12.6. The fourth-order valence-electron chi connectivity index (χ4n) is 2.93. The Morgan fingerprint density at radius 3 is 2.20 bits per heavy atom. The van der Waals surface area contributed by atoms with Gasteiger partial charge in [-0.25, -0.2) is 4.79 Å². The van der Waals surface area contributed by atoms with E-state index in [0.717, 1.165) is 32.5 Å². The van der Waals surface area contributed by atoms with Gasteiger partial charge in [-0.2, -0.15) is 0 Å². The maximum absolute atomic E-state index is 12.3. The molecular weight excluding hydrogens is 256 g/mol. The van der Waals surface area contributed by atoms with Gasteiger partial charge in [-0.05, 0) is 33.2 Å². The van der Waals surface area contributed by atoms with E-state index < -0.39 is 0 Å². The molecule has 1 unspecified atom stereocenters. The molecular formula is C14H26N4O2. The summed E-state index contributed by atoms with van der Waals surface area (Å²) in [4.78, 5) is 30.1. The molecule has 2 rings (SSSR count). The number of nitrogens with zero attached hydrogens (tertiary/aromatic N) is 3. The summed E-state index contributed by atoms with van der Waals surface area (Å²) in [5.41, 5.74) is 0. The second-order valence-corrected chi connectivity index (χ2v) is 5.42. The molecule has 6 heteroatoms. The molecule has 114 valence electrons. The van der Waals surface area contributed by atoms with Gasteiger partial charge in [-0.3, -0.25) is 4.79 Å². The summed E-state index contributed by atoms with van der Waals surface area (Å²) >= 11 is 0. The van der Waals surface area contributed by atoms with E-state index in [1.807, 2.05) is 28.5 Å². The summed E-state index contributed by atoms with van der Waals surface area (Å²) in [6.45, 7) is 9.01. The predicted octanol–water partition coefficient (Wildman–Crippen LogP) is 0.344. The molecule has 0 radical (unpaired) electrons. The van der Waals surface area contributed by atoms with Gasteiger partial charge in [0.1, 0.15) is 0 Å². The minimum atomic E-state index is 0.0000311. The average molecular weight is 282 g/mol. The topological polar surface area (TPSA) is 55.9 Å². The fourth-order valence-corrected chi connectivity index (χ4v) is 2.93. The smallest absolute Gasteiger partial charge is 0.320 e. The minimum Gasteiger partial charge on any atom is -0.338 e. The normalized spacial score (nSPS) is 23.0. The number of carbonyl (C=O) groups is 2. The first-order valence-corrected chi connectivity index (χ1v) is 7.73. The summed E-state index contributed by atoms with van der Waals surface area (Å²) < 4.78 is 0. The zero-order valence-electron chi connectivity index (χ0n) is 12.6. The first kappa shape index (κ1) is 15.1. The Morgan fingerprint density at radius 1 is 1.10 bits per heavy atom. The largest absolute Gasteiger partial charge is 0.338 e. The molecule has 0 saturated carbocycles. The highest BCUT2D eigenvalue weighted by molar-refractivity contribution is 5.82. The third kappa shape index (κ3) is 3.23. The van der Waals surface area contributed by atoms with Crippen LogP contribution in [0.25, 0.3) is 0 Å². The molecule has 2 aliphatic rings. The lowest BCUT2D eigenvalue weighted by Crippen LogP contribution is -2.56. The van der Waals surface area contributed by atoms with Crippen molar-refractivity contribution >= 4 is 11.9 Å². The van der Waals surface area contributed by atoms with Crippen molar-refractivity contribution in [3.05, 3.63) is 0 Å². The van der Waals surface area contributed by atoms with Crippen molar-refractivity contribution in [1.82, 2.24) is 20.0 Å². The molecule has 20 heavy (non-hydrogen) atoms. The second kappa shape index (κ2) is 6.92. The van der Waals surface area contributed by atoms with E-state index in [1.165, 1.54) is 0 Å². The third-order valence-electron chi connectivity index (χ3n) is 4.25. The standard InChI is InChI=1S/C14H26N4O2/c1-3-16(4-2)14(20)18-10-8-17(9-11-18)13(19)12-6-5-7-15-12/h12,15H,3-11H2,1-2H3. The SMILES string of the molecule is CCN(CC)C(=O)N1CCN(C(=O)C2CCCN2)CC1. The van der Waals surface area contributed by atoms with Gasteiger partial charge < -0.3 is 20.0 Å². The molecule has 2 aliphatic heterocycles. The van der Waals surface area contributed by atoms with Crippen molar-refractivity contribution in [2.75, 3.05) is 45.8 Å². The molecule has 0 aromatic rings. The van der Waals surface area contributed by atoms with Gasteiger partial charge in [0, 0.05) is 39.3 Å².